The summed E-state index contributed by atoms with van der Waals surface area (Å²) in [5, 5.41) is 51.3. The summed E-state index contributed by atoms with van der Waals surface area (Å²) in [6, 6.07) is 8.46. The fourth-order valence-electron chi connectivity index (χ4n) is 6.39. The summed E-state index contributed by atoms with van der Waals surface area (Å²) >= 11 is 0. The van der Waals surface area contributed by atoms with Gasteiger partial charge in [0.1, 0.15) is 36.6 Å². The Morgan fingerprint density at radius 2 is 1.82 bits per heavy atom. The highest BCUT2D eigenvalue weighted by atomic mass is 16.8. The average molecular weight is 466 g/mol. The quantitative estimate of drug-likeness (QED) is 0.302. The second kappa shape index (κ2) is 7.17. The van der Waals surface area contributed by atoms with Crippen LogP contribution in [0.2, 0.25) is 0 Å². The van der Waals surface area contributed by atoms with Gasteiger partial charge in [-0.3, -0.25) is 0 Å². The molecule has 0 amide bonds. The minimum atomic E-state index is -1.60. The van der Waals surface area contributed by atoms with Gasteiger partial charge in [-0.05, 0) is 18.6 Å². The first-order chi connectivity index (χ1) is 15.8. The molecule has 7 aliphatic rings. The number of esters is 1. The van der Waals surface area contributed by atoms with E-state index in [1.165, 1.54) is 0 Å². The number of aliphatic hydroxyl groups excluding tert-OH is 4. The third kappa shape index (κ3) is 2.68. The van der Waals surface area contributed by atoms with Crippen molar-refractivity contribution >= 4 is 5.97 Å². The van der Waals surface area contributed by atoms with E-state index in [2.05, 4.69) is 0 Å². The smallest absolute Gasteiger partial charge is 0.338 e. The highest BCUT2D eigenvalue weighted by molar-refractivity contribution is 5.89. The van der Waals surface area contributed by atoms with Crippen molar-refractivity contribution in [3.8, 4) is 0 Å². The van der Waals surface area contributed by atoms with Crippen LogP contribution < -0.4 is 0 Å². The number of rotatable bonds is 6. The van der Waals surface area contributed by atoms with Crippen LogP contribution in [0.3, 0.4) is 0 Å². The van der Waals surface area contributed by atoms with Gasteiger partial charge in [0.25, 0.3) is 0 Å². The topological polar surface area (TPSA) is 164 Å². The van der Waals surface area contributed by atoms with Crippen molar-refractivity contribution in [2.75, 3.05) is 13.2 Å². The van der Waals surface area contributed by atoms with Gasteiger partial charge < -0.3 is 49.2 Å². The van der Waals surface area contributed by atoms with Crippen molar-refractivity contribution in [3.63, 3.8) is 0 Å². The molecular weight excluding hydrogens is 440 g/mol. The monoisotopic (exact) mass is 466 g/mol. The first kappa shape index (κ1) is 21.8. The van der Waals surface area contributed by atoms with Gasteiger partial charge in [0.05, 0.1) is 23.7 Å². The van der Waals surface area contributed by atoms with Gasteiger partial charge in [-0.15, -0.1) is 0 Å². The van der Waals surface area contributed by atoms with E-state index in [-0.39, 0.29) is 13.0 Å². The molecule has 4 aliphatic heterocycles. The highest BCUT2D eigenvalue weighted by Gasteiger charge is 2.91. The maximum atomic E-state index is 12.6. The molecule has 1 aromatic rings. The summed E-state index contributed by atoms with van der Waals surface area (Å²) in [6.07, 6.45) is -8.35. The summed E-state index contributed by atoms with van der Waals surface area (Å²) < 4.78 is 29.2. The predicted octanol–water partition coefficient (Wildman–Crippen LogP) is -1.75. The van der Waals surface area contributed by atoms with Crippen molar-refractivity contribution in [2.45, 2.75) is 67.3 Å². The molecule has 6 bridgehead atoms. The highest BCUT2D eigenvalue weighted by Crippen LogP contribution is 2.78. The van der Waals surface area contributed by atoms with Gasteiger partial charge in [-0.2, -0.15) is 0 Å². The molecule has 8 rings (SSSR count). The molecule has 11 unspecified atom stereocenters. The Bertz CT molecular complexity index is 942. The van der Waals surface area contributed by atoms with E-state index in [1.807, 2.05) is 0 Å². The average Bonchev–Trinajstić information content (AvgIpc) is 3.02. The molecule has 180 valence electrons. The van der Waals surface area contributed by atoms with Crippen molar-refractivity contribution in [1.29, 1.82) is 0 Å². The van der Waals surface area contributed by atoms with Gasteiger partial charge >= 0.3 is 5.97 Å². The van der Waals surface area contributed by atoms with Gasteiger partial charge in [-0.25, -0.2) is 4.79 Å². The van der Waals surface area contributed by atoms with Crippen molar-refractivity contribution in [1.82, 2.24) is 0 Å². The fourth-order valence-corrected chi connectivity index (χ4v) is 6.39. The number of carbonyl (C=O) groups excluding carboxylic acids is 1. The van der Waals surface area contributed by atoms with Crippen LogP contribution in [0.15, 0.2) is 30.3 Å². The maximum absolute atomic E-state index is 12.6. The predicted molar refractivity (Wildman–Crippen MR) is 104 cm³/mol. The second-order valence-corrected chi connectivity index (χ2v) is 9.57. The fraction of sp³-hybridized carbons (Fsp3) is 0.682. The van der Waals surface area contributed by atoms with E-state index in [4.69, 9.17) is 23.7 Å². The zero-order valence-corrected chi connectivity index (χ0v) is 17.5. The van der Waals surface area contributed by atoms with Crippen LogP contribution >= 0.6 is 0 Å². The Morgan fingerprint density at radius 3 is 2.55 bits per heavy atom. The summed E-state index contributed by atoms with van der Waals surface area (Å²) in [5.74, 6) is -2.43. The van der Waals surface area contributed by atoms with Crippen molar-refractivity contribution in [3.05, 3.63) is 35.9 Å². The number of benzene rings is 1. The Kier molecular flexibility index (Phi) is 4.74. The lowest BCUT2D eigenvalue weighted by atomic mass is 9.44. The SMILES string of the molecule is O=C(OCC12C3OC4CC(O)(O3)C1CC42OC1OC(CO)C(O)C(O)C1O)c1ccccc1. The molecule has 1 aromatic carbocycles. The normalized spacial score (nSPS) is 51.4. The minimum absolute atomic E-state index is 0.125. The molecule has 4 saturated heterocycles. The number of hydrogen-bond acceptors (Lipinski definition) is 11. The molecule has 0 aromatic heterocycles. The first-order valence-electron chi connectivity index (χ1n) is 11.0. The summed E-state index contributed by atoms with van der Waals surface area (Å²) in [7, 11) is 0. The van der Waals surface area contributed by atoms with Crippen LogP contribution in [-0.4, -0.2) is 99.2 Å². The molecule has 3 saturated carbocycles. The van der Waals surface area contributed by atoms with E-state index in [0.717, 1.165) is 0 Å². The molecule has 33 heavy (non-hydrogen) atoms. The van der Waals surface area contributed by atoms with E-state index in [9.17, 15) is 30.3 Å². The van der Waals surface area contributed by atoms with Gasteiger partial charge in [0.15, 0.2) is 18.4 Å². The molecule has 11 atom stereocenters. The molecule has 3 aliphatic carbocycles. The Labute approximate surface area is 188 Å². The second-order valence-electron chi connectivity index (χ2n) is 9.57. The van der Waals surface area contributed by atoms with Crippen LogP contribution in [0.25, 0.3) is 0 Å². The van der Waals surface area contributed by atoms with E-state index < -0.39 is 78.4 Å². The standard InChI is InChI=1S/C22H26O11/c23-8-11-14(24)15(25)16(26)18(30-11)32-21-6-12-20(21,19-31-13(21)7-22(12,28)33-19)9-29-17(27)10-4-2-1-3-5-10/h1-5,11-16,18-19,23-26,28H,6-9H2. The Hall–Kier alpha value is -1.67. The summed E-state index contributed by atoms with van der Waals surface area (Å²) in [6.45, 7) is -0.752. The number of hydrogen-bond donors (Lipinski definition) is 5. The Morgan fingerprint density at radius 1 is 1.06 bits per heavy atom. The van der Waals surface area contributed by atoms with Crippen LogP contribution in [0.4, 0.5) is 0 Å². The Balaban J connectivity index is 1.28. The number of aliphatic hydroxyl groups is 5. The molecular formula is C22H26O11. The lowest BCUT2D eigenvalue weighted by molar-refractivity contribution is -0.403. The zero-order valence-electron chi connectivity index (χ0n) is 17.5. The van der Waals surface area contributed by atoms with Crippen molar-refractivity contribution in [2.24, 2.45) is 11.3 Å². The van der Waals surface area contributed by atoms with Gasteiger partial charge in [-0.1, -0.05) is 18.2 Å². The largest absolute Gasteiger partial charge is 0.461 e. The lowest BCUT2D eigenvalue weighted by Crippen LogP contribution is -2.77. The van der Waals surface area contributed by atoms with Gasteiger partial charge in [0.2, 0.25) is 0 Å². The first-order valence-corrected chi connectivity index (χ1v) is 11.0. The van der Waals surface area contributed by atoms with Crippen LogP contribution in [0.1, 0.15) is 23.2 Å². The van der Waals surface area contributed by atoms with E-state index in [0.29, 0.717) is 12.0 Å². The summed E-state index contributed by atoms with van der Waals surface area (Å²) in [4.78, 5) is 12.6. The zero-order chi connectivity index (χ0) is 23.2. The van der Waals surface area contributed by atoms with Crippen molar-refractivity contribution < 1.29 is 54.0 Å². The van der Waals surface area contributed by atoms with Gasteiger partial charge in [0, 0.05) is 12.3 Å². The maximum Gasteiger partial charge on any atom is 0.338 e. The molecule has 5 N–H and O–H groups in total. The summed E-state index contributed by atoms with van der Waals surface area (Å²) in [5.41, 5.74) is -1.81. The molecule has 0 radical (unpaired) electrons. The van der Waals surface area contributed by atoms with E-state index in [1.54, 1.807) is 30.3 Å². The molecule has 11 heteroatoms. The number of ether oxygens (including phenoxy) is 5. The molecule has 0 spiro atoms. The molecule has 4 heterocycles. The molecule has 11 nitrogen and oxygen atoms in total. The third-order valence-electron chi connectivity index (χ3n) is 8.11. The van der Waals surface area contributed by atoms with Crippen LogP contribution in [0.5, 0.6) is 0 Å². The van der Waals surface area contributed by atoms with Crippen LogP contribution in [0, 0.1) is 11.3 Å². The van der Waals surface area contributed by atoms with E-state index >= 15 is 0 Å². The lowest BCUT2D eigenvalue weighted by Gasteiger charge is -2.64. The number of carbonyl (C=O) groups is 1. The van der Waals surface area contributed by atoms with Crippen LogP contribution in [-0.2, 0) is 23.7 Å². The minimum Gasteiger partial charge on any atom is -0.461 e. The molecule has 7 fully saturated rings. The third-order valence-corrected chi connectivity index (χ3v) is 8.11.